The smallest absolute Gasteiger partial charge is 0.398 e. The summed E-state index contributed by atoms with van der Waals surface area (Å²) in [5.41, 5.74) is -2.37. The van der Waals surface area contributed by atoms with E-state index in [1.807, 2.05) is 0 Å². The fourth-order valence-corrected chi connectivity index (χ4v) is 6.42. The van der Waals surface area contributed by atoms with Crippen LogP contribution in [-0.2, 0) is 27.8 Å². The molecule has 13 heteroatoms. The Balaban J connectivity index is 1.47. The maximum atomic E-state index is 15.3. The van der Waals surface area contributed by atoms with Crippen LogP contribution in [0.3, 0.4) is 0 Å². The van der Waals surface area contributed by atoms with Gasteiger partial charge in [0.05, 0.1) is 46.2 Å². The third kappa shape index (κ3) is 5.00. The first-order valence-corrected chi connectivity index (χ1v) is 14.2. The molecule has 2 fully saturated rings. The molecular weight excluding hydrogens is 594 g/mol. The molecule has 1 aromatic heterocycles. The number of carboxylic acid groups (broad SMARTS) is 1. The third-order valence-corrected chi connectivity index (χ3v) is 8.96. The van der Waals surface area contributed by atoms with Gasteiger partial charge in [-0.25, -0.2) is 9.18 Å². The van der Waals surface area contributed by atoms with Gasteiger partial charge in [-0.05, 0) is 55.5 Å². The Morgan fingerprint density at radius 1 is 1.09 bits per heavy atom. The van der Waals surface area contributed by atoms with Crippen molar-refractivity contribution in [2.75, 3.05) is 26.3 Å². The SMILES string of the molecule is O=C(O)c1ccc(-c2nn(C(=O)c3c(Cl)cccc3C3(C(F)(F)F)CC3)c3c2CCC(C(=O)N2CCOCC2)C3)c(F)c1. The van der Waals surface area contributed by atoms with Gasteiger partial charge in [-0.15, -0.1) is 0 Å². The highest BCUT2D eigenvalue weighted by Gasteiger charge is 2.65. The van der Waals surface area contributed by atoms with Crippen LogP contribution in [0.2, 0.25) is 5.02 Å². The Bertz CT molecular complexity index is 1640. The van der Waals surface area contributed by atoms with Crippen LogP contribution in [0.1, 0.15) is 56.8 Å². The van der Waals surface area contributed by atoms with E-state index in [0.717, 1.165) is 10.7 Å². The third-order valence-electron chi connectivity index (χ3n) is 8.64. The summed E-state index contributed by atoms with van der Waals surface area (Å²) in [5, 5.41) is 13.5. The van der Waals surface area contributed by atoms with Gasteiger partial charge in [0, 0.05) is 36.6 Å². The summed E-state index contributed by atoms with van der Waals surface area (Å²) in [6, 6.07) is 7.21. The molecule has 6 rings (SSSR count). The zero-order valence-corrected chi connectivity index (χ0v) is 23.5. The molecule has 0 bridgehead atoms. The number of amides is 1. The normalized spacial score (nSPS) is 19.6. The van der Waals surface area contributed by atoms with Crippen molar-refractivity contribution >= 4 is 29.4 Å². The van der Waals surface area contributed by atoms with Crippen molar-refractivity contribution in [3.63, 3.8) is 0 Å². The van der Waals surface area contributed by atoms with Crippen LogP contribution in [0.4, 0.5) is 17.6 Å². The van der Waals surface area contributed by atoms with E-state index in [1.165, 1.54) is 30.3 Å². The van der Waals surface area contributed by atoms with E-state index in [2.05, 4.69) is 5.10 Å². The number of rotatable bonds is 5. The first kappa shape index (κ1) is 29.3. The molecule has 2 heterocycles. The van der Waals surface area contributed by atoms with Crippen molar-refractivity contribution in [2.45, 2.75) is 43.7 Å². The Kier molecular flexibility index (Phi) is 7.32. The fraction of sp³-hybridized carbons (Fsp3) is 0.400. The van der Waals surface area contributed by atoms with Gasteiger partial charge in [-0.3, -0.25) is 9.59 Å². The molecule has 0 radical (unpaired) electrons. The van der Waals surface area contributed by atoms with Crippen LogP contribution in [0, 0.1) is 11.7 Å². The maximum absolute atomic E-state index is 15.3. The summed E-state index contributed by atoms with van der Waals surface area (Å²) < 4.78 is 64.1. The lowest BCUT2D eigenvalue weighted by Gasteiger charge is -2.32. The summed E-state index contributed by atoms with van der Waals surface area (Å²) >= 11 is 6.40. The van der Waals surface area contributed by atoms with Gasteiger partial charge in [0.2, 0.25) is 5.91 Å². The van der Waals surface area contributed by atoms with Gasteiger partial charge in [0.1, 0.15) is 5.82 Å². The quantitative estimate of drug-likeness (QED) is 0.390. The summed E-state index contributed by atoms with van der Waals surface area (Å²) in [5.74, 6) is -3.82. The highest BCUT2D eigenvalue weighted by molar-refractivity contribution is 6.34. The number of aromatic carboxylic acids is 1. The number of aromatic nitrogens is 2. The molecule has 43 heavy (non-hydrogen) atoms. The minimum atomic E-state index is -4.62. The monoisotopic (exact) mass is 619 g/mol. The number of benzene rings is 2. The lowest BCUT2D eigenvalue weighted by molar-refractivity contribution is -0.160. The van der Waals surface area contributed by atoms with E-state index in [9.17, 15) is 32.7 Å². The average Bonchev–Trinajstić information content (AvgIpc) is 3.73. The van der Waals surface area contributed by atoms with Crippen LogP contribution >= 0.6 is 11.6 Å². The fourth-order valence-electron chi connectivity index (χ4n) is 6.17. The second-order valence-electron chi connectivity index (χ2n) is 11.1. The number of hydrogen-bond acceptors (Lipinski definition) is 5. The Morgan fingerprint density at radius 2 is 1.81 bits per heavy atom. The van der Waals surface area contributed by atoms with Gasteiger partial charge in [0.25, 0.3) is 5.91 Å². The van der Waals surface area contributed by atoms with E-state index in [-0.39, 0.29) is 70.3 Å². The topological polar surface area (TPSA) is 102 Å². The van der Waals surface area contributed by atoms with Crippen LogP contribution in [-0.4, -0.2) is 70.1 Å². The maximum Gasteiger partial charge on any atom is 0.398 e. The second kappa shape index (κ2) is 10.7. The molecule has 1 saturated heterocycles. The number of nitrogens with zero attached hydrogens (tertiary/aromatic N) is 3. The number of carbonyl (C=O) groups is 3. The molecule has 1 N–H and O–H groups in total. The summed E-state index contributed by atoms with van der Waals surface area (Å²) in [6.07, 6.45) is -4.36. The van der Waals surface area contributed by atoms with E-state index >= 15 is 4.39 Å². The van der Waals surface area contributed by atoms with Crippen molar-refractivity contribution in [3.05, 3.63) is 75.2 Å². The van der Waals surface area contributed by atoms with Gasteiger partial charge >= 0.3 is 12.1 Å². The lowest BCUT2D eigenvalue weighted by atomic mass is 9.84. The van der Waals surface area contributed by atoms with E-state index in [0.29, 0.717) is 38.3 Å². The highest BCUT2D eigenvalue weighted by atomic mass is 35.5. The molecule has 1 saturated carbocycles. The predicted molar refractivity (Wildman–Crippen MR) is 146 cm³/mol. The molecule has 2 aromatic carbocycles. The zero-order valence-electron chi connectivity index (χ0n) is 22.7. The predicted octanol–water partition coefficient (Wildman–Crippen LogP) is 5.29. The largest absolute Gasteiger partial charge is 0.478 e. The van der Waals surface area contributed by atoms with Crippen molar-refractivity contribution in [2.24, 2.45) is 5.92 Å². The molecule has 0 spiro atoms. The molecule has 3 aromatic rings. The highest BCUT2D eigenvalue weighted by Crippen LogP contribution is 2.60. The Morgan fingerprint density at radius 3 is 2.44 bits per heavy atom. The molecular formula is C30H26ClF4N3O5. The average molecular weight is 620 g/mol. The first-order valence-electron chi connectivity index (χ1n) is 13.8. The first-order chi connectivity index (χ1) is 20.4. The summed E-state index contributed by atoms with van der Waals surface area (Å²) in [4.78, 5) is 40.6. The molecule has 2 aliphatic carbocycles. The van der Waals surface area contributed by atoms with E-state index in [4.69, 9.17) is 16.3 Å². The number of morpholine rings is 1. The number of ether oxygens (including phenoxy) is 1. The van der Waals surface area contributed by atoms with Crippen molar-refractivity contribution in [1.82, 2.24) is 14.7 Å². The molecule has 8 nitrogen and oxygen atoms in total. The number of fused-ring (bicyclic) bond motifs is 1. The van der Waals surface area contributed by atoms with Crippen molar-refractivity contribution in [3.8, 4) is 11.3 Å². The zero-order chi connectivity index (χ0) is 30.7. The number of carboxylic acids is 1. The van der Waals surface area contributed by atoms with Gasteiger partial charge in [-0.1, -0.05) is 23.7 Å². The molecule has 1 aliphatic heterocycles. The number of halogens is 5. The number of alkyl halides is 3. The molecule has 1 atom stereocenters. The van der Waals surface area contributed by atoms with Crippen LogP contribution in [0.5, 0.6) is 0 Å². The molecule has 226 valence electrons. The summed E-state index contributed by atoms with van der Waals surface area (Å²) in [7, 11) is 0. The van der Waals surface area contributed by atoms with Gasteiger partial charge in [0.15, 0.2) is 0 Å². The molecule has 1 unspecified atom stereocenters. The van der Waals surface area contributed by atoms with Crippen LogP contribution < -0.4 is 0 Å². The lowest BCUT2D eigenvalue weighted by Crippen LogP contribution is -2.45. The van der Waals surface area contributed by atoms with E-state index in [1.54, 1.807) is 4.90 Å². The van der Waals surface area contributed by atoms with Crippen molar-refractivity contribution in [1.29, 1.82) is 0 Å². The summed E-state index contributed by atoms with van der Waals surface area (Å²) in [6.45, 7) is 1.61. The minimum absolute atomic E-state index is 0.0449. The standard InChI is InChI=1S/C30H26ClF4N3O5/c31-21-3-1-2-20(29(8-9-29)30(33,34)35)24(21)27(40)38-23-15-16(26(39)37-10-12-43-13-11-37)4-7-19(23)25(36-38)18-6-5-17(28(41)42)14-22(18)32/h1-3,5-6,14,16H,4,7-13,15H2,(H,41,42). The van der Waals surface area contributed by atoms with Crippen LogP contribution in [0.25, 0.3) is 11.3 Å². The molecule has 3 aliphatic rings. The second-order valence-corrected chi connectivity index (χ2v) is 11.5. The Hall–Kier alpha value is -3.77. The Labute approximate surface area is 248 Å². The van der Waals surface area contributed by atoms with E-state index < -0.39 is 35.2 Å². The van der Waals surface area contributed by atoms with Gasteiger partial charge in [-0.2, -0.15) is 23.0 Å². The number of carbonyl (C=O) groups excluding carboxylic acids is 2. The number of hydrogen-bond donors (Lipinski definition) is 1. The van der Waals surface area contributed by atoms with Gasteiger partial charge < -0.3 is 14.7 Å². The van der Waals surface area contributed by atoms with Crippen molar-refractivity contribution < 1.29 is 41.8 Å². The minimum Gasteiger partial charge on any atom is -0.478 e. The molecule has 1 amide bonds. The van der Waals surface area contributed by atoms with Crippen LogP contribution in [0.15, 0.2) is 36.4 Å².